The highest BCUT2D eigenvalue weighted by atomic mass is 16.5. The molecule has 2 aromatic carbocycles. The van der Waals surface area contributed by atoms with E-state index in [0.717, 1.165) is 41.0 Å². The minimum atomic E-state index is 0.121. The van der Waals surface area contributed by atoms with Gasteiger partial charge in [-0.3, -0.25) is 4.79 Å². The number of hydrogen-bond acceptors (Lipinski definition) is 5. The molecule has 0 fully saturated rings. The zero-order chi connectivity index (χ0) is 22.2. The maximum atomic E-state index is 13.0. The predicted molar refractivity (Wildman–Crippen MR) is 123 cm³/mol. The first-order valence-electron chi connectivity index (χ1n) is 10.8. The van der Waals surface area contributed by atoms with Crippen LogP contribution >= 0.6 is 0 Å². The summed E-state index contributed by atoms with van der Waals surface area (Å²) in [6.07, 6.45) is 3.83. The van der Waals surface area contributed by atoms with Gasteiger partial charge in [0.15, 0.2) is 22.9 Å². The van der Waals surface area contributed by atoms with Crippen LogP contribution in [0, 0.1) is 0 Å². The van der Waals surface area contributed by atoms with E-state index in [4.69, 9.17) is 19.6 Å². The highest BCUT2D eigenvalue weighted by Gasteiger charge is 2.29. The Morgan fingerprint density at radius 2 is 1.81 bits per heavy atom. The van der Waals surface area contributed by atoms with Crippen molar-refractivity contribution in [3.05, 3.63) is 77.2 Å². The van der Waals surface area contributed by atoms with Crippen molar-refractivity contribution in [2.45, 2.75) is 32.1 Å². The average molecular weight is 428 g/mol. The second-order valence-corrected chi connectivity index (χ2v) is 8.05. The molecule has 0 saturated carbocycles. The first-order chi connectivity index (χ1) is 15.6. The highest BCUT2D eigenvalue weighted by Crippen LogP contribution is 2.37. The number of carbonyl (C=O) groups is 1. The van der Waals surface area contributed by atoms with Gasteiger partial charge in [0.2, 0.25) is 0 Å². The van der Waals surface area contributed by atoms with Crippen molar-refractivity contribution in [2.75, 3.05) is 14.2 Å². The van der Waals surface area contributed by atoms with E-state index in [2.05, 4.69) is 19.1 Å². The number of ketones is 1. The molecule has 162 valence electrons. The Morgan fingerprint density at radius 3 is 2.53 bits per heavy atom. The first kappa shape index (κ1) is 20.2. The van der Waals surface area contributed by atoms with E-state index in [1.165, 1.54) is 5.56 Å². The quantitative estimate of drug-likeness (QED) is 0.454. The van der Waals surface area contributed by atoms with Crippen LogP contribution in [0.15, 0.2) is 54.7 Å². The van der Waals surface area contributed by atoms with E-state index in [1.807, 2.05) is 42.6 Å². The summed E-state index contributed by atoms with van der Waals surface area (Å²) in [5.74, 6) is 1.59. The Hall–Kier alpha value is -3.67. The van der Waals surface area contributed by atoms with E-state index < -0.39 is 0 Å². The lowest BCUT2D eigenvalue weighted by molar-refractivity contribution is 0.0962. The number of hydrogen-bond donors (Lipinski definition) is 0. The van der Waals surface area contributed by atoms with Gasteiger partial charge in [0, 0.05) is 18.2 Å². The minimum absolute atomic E-state index is 0.121. The molecule has 0 N–H and O–H groups in total. The highest BCUT2D eigenvalue weighted by molar-refractivity contribution is 5.99. The van der Waals surface area contributed by atoms with Crippen LogP contribution in [0.1, 0.15) is 46.6 Å². The molecule has 1 unspecified atom stereocenters. The van der Waals surface area contributed by atoms with Crippen molar-refractivity contribution >= 4 is 11.4 Å². The molecule has 1 aliphatic carbocycles. The largest absolute Gasteiger partial charge is 0.493 e. The van der Waals surface area contributed by atoms with Gasteiger partial charge in [-0.2, -0.15) is 5.10 Å². The molecule has 5 rings (SSSR count). The Labute approximate surface area is 186 Å². The summed E-state index contributed by atoms with van der Waals surface area (Å²) in [4.78, 5) is 18.0. The molecule has 0 aliphatic heterocycles. The van der Waals surface area contributed by atoms with E-state index in [1.54, 1.807) is 18.7 Å². The SMILES string of the molecule is CCc1nn2cc3c(nc2c1-c1ccc(OC)c(OC)c1)CC(c1ccccc1)CC3=O. The molecule has 0 saturated heterocycles. The molecule has 4 aromatic rings. The van der Waals surface area contributed by atoms with Crippen molar-refractivity contribution in [3.63, 3.8) is 0 Å². The van der Waals surface area contributed by atoms with Crippen LogP contribution in [0.3, 0.4) is 0 Å². The summed E-state index contributed by atoms with van der Waals surface area (Å²) in [6.45, 7) is 2.07. The van der Waals surface area contributed by atoms with Crippen molar-refractivity contribution in [2.24, 2.45) is 0 Å². The molecule has 6 heteroatoms. The van der Waals surface area contributed by atoms with E-state index in [-0.39, 0.29) is 11.7 Å². The fraction of sp³-hybridized carbons (Fsp3) is 0.269. The van der Waals surface area contributed by atoms with Crippen LogP contribution in [0.5, 0.6) is 11.5 Å². The van der Waals surface area contributed by atoms with Gasteiger partial charge in [-0.1, -0.05) is 43.3 Å². The van der Waals surface area contributed by atoms with Crippen LogP contribution in [-0.4, -0.2) is 34.6 Å². The minimum Gasteiger partial charge on any atom is -0.493 e. The van der Waals surface area contributed by atoms with Crippen molar-refractivity contribution in [3.8, 4) is 22.6 Å². The summed E-state index contributed by atoms with van der Waals surface area (Å²) in [7, 11) is 3.25. The number of nitrogens with zero attached hydrogens (tertiary/aromatic N) is 3. The van der Waals surface area contributed by atoms with Gasteiger partial charge in [-0.05, 0) is 42.0 Å². The summed E-state index contributed by atoms with van der Waals surface area (Å²) in [6, 6.07) is 16.1. The zero-order valence-electron chi connectivity index (χ0n) is 18.5. The number of carbonyl (C=O) groups excluding carboxylic acids is 1. The third-order valence-corrected chi connectivity index (χ3v) is 6.21. The van der Waals surface area contributed by atoms with Gasteiger partial charge in [0.1, 0.15) is 0 Å². The topological polar surface area (TPSA) is 65.7 Å². The fourth-order valence-electron chi connectivity index (χ4n) is 4.58. The van der Waals surface area contributed by atoms with E-state index in [0.29, 0.717) is 23.5 Å². The van der Waals surface area contributed by atoms with E-state index in [9.17, 15) is 4.79 Å². The van der Waals surface area contributed by atoms with Gasteiger partial charge in [-0.25, -0.2) is 9.50 Å². The summed E-state index contributed by atoms with van der Waals surface area (Å²) in [5, 5.41) is 4.76. The standard InChI is InChI=1S/C26H25N3O3/c1-4-20-25(17-10-11-23(31-2)24(14-17)32-3)26-27-21-12-18(16-8-6-5-7-9-16)13-22(30)19(21)15-29(26)28-20/h5-11,14-15,18H,4,12-13H2,1-3H3. The van der Waals surface area contributed by atoms with Gasteiger partial charge in [0.05, 0.1) is 31.2 Å². The van der Waals surface area contributed by atoms with Gasteiger partial charge >= 0.3 is 0 Å². The Bertz CT molecular complexity index is 1310. The number of benzene rings is 2. The van der Waals surface area contributed by atoms with Crippen LogP contribution in [0.2, 0.25) is 0 Å². The first-order valence-corrected chi connectivity index (χ1v) is 10.8. The molecule has 0 bridgehead atoms. The number of aryl methyl sites for hydroxylation is 1. The molecule has 0 amide bonds. The lowest BCUT2D eigenvalue weighted by atomic mass is 9.82. The number of Topliss-reactive ketones (excluding diaryl/α,β-unsaturated/α-hetero) is 1. The zero-order valence-corrected chi connectivity index (χ0v) is 18.5. The lowest BCUT2D eigenvalue weighted by Crippen LogP contribution is -2.21. The monoisotopic (exact) mass is 427 g/mol. The molecular weight excluding hydrogens is 402 g/mol. The molecule has 0 radical (unpaired) electrons. The molecular formula is C26H25N3O3. The molecule has 32 heavy (non-hydrogen) atoms. The van der Waals surface area contributed by atoms with Crippen LogP contribution in [-0.2, 0) is 12.8 Å². The third kappa shape index (κ3) is 3.32. The van der Waals surface area contributed by atoms with Crippen molar-refractivity contribution in [1.29, 1.82) is 0 Å². The number of ether oxygens (including phenoxy) is 2. The molecule has 1 aliphatic rings. The Kier molecular flexibility index (Phi) is 5.13. The number of rotatable bonds is 5. The molecule has 2 aromatic heterocycles. The summed E-state index contributed by atoms with van der Waals surface area (Å²) >= 11 is 0. The molecule has 6 nitrogen and oxygen atoms in total. The van der Waals surface area contributed by atoms with Crippen molar-refractivity contribution in [1.82, 2.24) is 14.6 Å². The molecule has 2 heterocycles. The summed E-state index contributed by atoms with van der Waals surface area (Å²) < 4.78 is 12.7. The number of aromatic nitrogens is 3. The predicted octanol–water partition coefficient (Wildman–Crippen LogP) is 4.89. The molecule has 0 spiro atoms. The van der Waals surface area contributed by atoms with Crippen LogP contribution in [0.4, 0.5) is 0 Å². The van der Waals surface area contributed by atoms with Crippen LogP contribution in [0.25, 0.3) is 16.8 Å². The van der Waals surface area contributed by atoms with Gasteiger partial charge in [-0.15, -0.1) is 0 Å². The Balaban J connectivity index is 1.65. The normalized spacial score (nSPS) is 15.6. The number of methoxy groups -OCH3 is 2. The second kappa shape index (κ2) is 8.11. The van der Waals surface area contributed by atoms with Crippen molar-refractivity contribution < 1.29 is 14.3 Å². The Morgan fingerprint density at radius 1 is 1.03 bits per heavy atom. The fourth-order valence-corrected chi connectivity index (χ4v) is 4.58. The third-order valence-electron chi connectivity index (χ3n) is 6.21. The summed E-state index contributed by atoms with van der Waals surface area (Å²) in [5.41, 5.74) is 6.30. The molecule has 1 atom stereocenters. The number of fused-ring (bicyclic) bond motifs is 2. The van der Waals surface area contributed by atoms with Gasteiger partial charge < -0.3 is 9.47 Å². The lowest BCUT2D eigenvalue weighted by Gasteiger charge is -2.23. The maximum Gasteiger partial charge on any atom is 0.166 e. The van der Waals surface area contributed by atoms with E-state index >= 15 is 0 Å². The van der Waals surface area contributed by atoms with Crippen LogP contribution < -0.4 is 9.47 Å². The smallest absolute Gasteiger partial charge is 0.166 e. The van der Waals surface area contributed by atoms with Gasteiger partial charge in [0.25, 0.3) is 0 Å². The average Bonchev–Trinajstić information content (AvgIpc) is 3.20. The maximum absolute atomic E-state index is 13.0. The second-order valence-electron chi connectivity index (χ2n) is 8.05.